The third-order valence-electron chi connectivity index (χ3n) is 3.49. The number of nitrogens with one attached hydrogen (secondary N) is 1. The van der Waals surface area contributed by atoms with Crippen LogP contribution in [0.15, 0.2) is 53.4 Å². The molecule has 25 heavy (non-hydrogen) atoms. The summed E-state index contributed by atoms with van der Waals surface area (Å²) >= 11 is 0. The van der Waals surface area contributed by atoms with Crippen molar-refractivity contribution in [3.63, 3.8) is 0 Å². The lowest BCUT2D eigenvalue weighted by Gasteiger charge is -2.07. The van der Waals surface area contributed by atoms with Crippen molar-refractivity contribution < 1.29 is 21.2 Å². The molecule has 0 saturated carbocycles. The minimum Gasteiger partial charge on any atom is -0.225 e. The largest absolute Gasteiger partial charge is 0.238 e. The Morgan fingerprint density at radius 2 is 1.44 bits per heavy atom. The molecule has 0 aliphatic rings. The highest BCUT2D eigenvalue weighted by Gasteiger charge is 2.11. The molecular weight excluding hydrogens is 367 g/mol. The summed E-state index contributed by atoms with van der Waals surface area (Å²) < 4.78 is 61.6. The summed E-state index contributed by atoms with van der Waals surface area (Å²) in [5.41, 5.74) is 1.39. The van der Waals surface area contributed by atoms with Gasteiger partial charge in [-0.15, -0.1) is 0 Å². The third kappa shape index (κ3) is 6.54. The zero-order chi connectivity index (χ0) is 18.5. The van der Waals surface area contributed by atoms with E-state index in [0.717, 1.165) is 5.56 Å². The highest BCUT2D eigenvalue weighted by atomic mass is 32.2. The highest BCUT2D eigenvalue weighted by Crippen LogP contribution is 2.10. The fourth-order valence-corrected chi connectivity index (χ4v) is 3.92. The molecule has 0 amide bonds. The van der Waals surface area contributed by atoms with Gasteiger partial charge >= 0.3 is 0 Å². The van der Waals surface area contributed by atoms with Crippen LogP contribution in [-0.4, -0.2) is 23.4 Å². The van der Waals surface area contributed by atoms with E-state index in [1.165, 1.54) is 36.4 Å². The van der Waals surface area contributed by atoms with E-state index in [4.69, 9.17) is 5.14 Å². The van der Waals surface area contributed by atoms with Gasteiger partial charge < -0.3 is 0 Å². The number of benzene rings is 2. The second-order valence-corrected chi connectivity index (χ2v) is 8.94. The smallest absolute Gasteiger partial charge is 0.225 e. The Kier molecular flexibility index (Phi) is 6.28. The molecule has 2 aromatic carbocycles. The van der Waals surface area contributed by atoms with Crippen LogP contribution in [0.3, 0.4) is 0 Å². The fourth-order valence-electron chi connectivity index (χ4n) is 2.22. The first-order chi connectivity index (χ1) is 11.7. The predicted molar refractivity (Wildman–Crippen MR) is 93.2 cm³/mol. The van der Waals surface area contributed by atoms with Gasteiger partial charge in [0.15, 0.2) is 0 Å². The van der Waals surface area contributed by atoms with Gasteiger partial charge in [-0.25, -0.2) is 31.1 Å². The van der Waals surface area contributed by atoms with Crippen LogP contribution in [0.2, 0.25) is 0 Å². The van der Waals surface area contributed by atoms with E-state index in [9.17, 15) is 21.2 Å². The lowest BCUT2D eigenvalue weighted by Crippen LogP contribution is -2.26. The number of primary sulfonamides is 1. The molecule has 136 valence electrons. The summed E-state index contributed by atoms with van der Waals surface area (Å²) in [6, 6.07) is 11.4. The number of hydrogen-bond donors (Lipinski definition) is 2. The third-order valence-corrected chi connectivity index (χ3v) is 5.77. The van der Waals surface area contributed by atoms with Gasteiger partial charge in [0.25, 0.3) is 0 Å². The second-order valence-electron chi connectivity index (χ2n) is 5.57. The van der Waals surface area contributed by atoms with Crippen molar-refractivity contribution in [1.29, 1.82) is 0 Å². The van der Waals surface area contributed by atoms with E-state index in [1.54, 1.807) is 12.1 Å². The van der Waals surface area contributed by atoms with Gasteiger partial charge in [-0.3, -0.25) is 0 Å². The predicted octanol–water partition coefficient (Wildman–Crippen LogP) is 1.53. The van der Waals surface area contributed by atoms with E-state index < -0.39 is 25.9 Å². The molecule has 0 radical (unpaired) electrons. The van der Waals surface area contributed by atoms with Crippen LogP contribution in [0.4, 0.5) is 4.39 Å². The minimum atomic E-state index is -3.71. The quantitative estimate of drug-likeness (QED) is 0.671. The number of sulfonamides is 2. The second kappa shape index (κ2) is 8.05. The summed E-state index contributed by atoms with van der Waals surface area (Å²) in [6.07, 6.45) is 1.14. The molecule has 9 heteroatoms. The van der Waals surface area contributed by atoms with Crippen LogP contribution in [-0.2, 0) is 32.2 Å². The van der Waals surface area contributed by atoms with Gasteiger partial charge in [0.2, 0.25) is 20.0 Å². The van der Waals surface area contributed by atoms with E-state index in [-0.39, 0.29) is 17.2 Å². The summed E-state index contributed by atoms with van der Waals surface area (Å²) in [4.78, 5) is 0.0382. The van der Waals surface area contributed by atoms with Gasteiger partial charge in [-0.05, 0) is 48.2 Å². The molecule has 2 rings (SSSR count). The number of nitrogens with two attached hydrogens (primary N) is 1. The Labute approximate surface area is 147 Å². The Morgan fingerprint density at radius 1 is 0.880 bits per heavy atom. The summed E-state index contributed by atoms with van der Waals surface area (Å²) in [5.74, 6) is -0.626. The molecule has 0 atom stereocenters. The lowest BCUT2D eigenvalue weighted by atomic mass is 10.1. The first-order valence-corrected chi connectivity index (χ1v) is 10.7. The average molecular weight is 386 g/mol. The molecule has 0 aliphatic heterocycles. The average Bonchev–Trinajstić information content (AvgIpc) is 2.53. The van der Waals surface area contributed by atoms with Crippen LogP contribution in [0.25, 0.3) is 0 Å². The lowest BCUT2D eigenvalue weighted by molar-refractivity contribution is 0.577. The van der Waals surface area contributed by atoms with E-state index >= 15 is 0 Å². The monoisotopic (exact) mass is 386 g/mol. The molecule has 6 nitrogen and oxygen atoms in total. The molecule has 0 aromatic heterocycles. The molecule has 0 bridgehead atoms. The van der Waals surface area contributed by atoms with Crippen molar-refractivity contribution in [3.05, 3.63) is 65.5 Å². The van der Waals surface area contributed by atoms with Crippen molar-refractivity contribution in [2.45, 2.75) is 23.5 Å². The SMILES string of the molecule is NS(=O)(=O)c1ccc(CCCNS(=O)(=O)Cc2ccc(F)cc2)cc1. The van der Waals surface area contributed by atoms with E-state index in [2.05, 4.69) is 4.72 Å². The molecule has 0 unspecified atom stereocenters. The number of hydrogen-bond acceptors (Lipinski definition) is 4. The molecule has 3 N–H and O–H groups in total. The summed E-state index contributed by atoms with van der Waals surface area (Å²) in [6.45, 7) is 0.250. The first kappa shape index (κ1) is 19.5. The summed E-state index contributed by atoms with van der Waals surface area (Å²) in [7, 11) is -7.21. The van der Waals surface area contributed by atoms with Crippen molar-refractivity contribution in [3.8, 4) is 0 Å². The Hall–Kier alpha value is -1.81. The normalized spacial score (nSPS) is 12.2. The maximum Gasteiger partial charge on any atom is 0.238 e. The van der Waals surface area contributed by atoms with Gasteiger partial charge in [0.1, 0.15) is 5.82 Å². The van der Waals surface area contributed by atoms with Crippen LogP contribution in [0, 0.1) is 5.82 Å². The molecule has 0 heterocycles. The molecular formula is C16H19FN2O4S2. The fraction of sp³-hybridized carbons (Fsp3) is 0.250. The van der Waals surface area contributed by atoms with E-state index in [1.807, 2.05) is 0 Å². The van der Waals surface area contributed by atoms with Crippen LogP contribution >= 0.6 is 0 Å². The maximum atomic E-state index is 12.8. The number of rotatable bonds is 8. The molecule has 0 saturated heterocycles. The van der Waals surface area contributed by atoms with Crippen molar-refractivity contribution in [1.82, 2.24) is 4.72 Å². The molecule has 0 fully saturated rings. The van der Waals surface area contributed by atoms with Crippen LogP contribution in [0.5, 0.6) is 0 Å². The van der Waals surface area contributed by atoms with Crippen molar-refractivity contribution >= 4 is 20.0 Å². The Morgan fingerprint density at radius 3 is 2.00 bits per heavy atom. The van der Waals surface area contributed by atoms with Gasteiger partial charge in [0, 0.05) is 6.54 Å². The van der Waals surface area contributed by atoms with E-state index in [0.29, 0.717) is 18.4 Å². The standard InChI is InChI=1S/C16H19FN2O4S2/c17-15-7-3-14(4-8-15)12-24(20,21)19-11-1-2-13-5-9-16(10-6-13)25(18,22)23/h3-10,19H,1-2,11-12H2,(H2,18,22,23). The topological polar surface area (TPSA) is 106 Å². The zero-order valence-electron chi connectivity index (χ0n) is 13.4. The molecule has 0 spiro atoms. The molecule has 0 aliphatic carbocycles. The Balaban J connectivity index is 1.81. The van der Waals surface area contributed by atoms with Crippen LogP contribution in [0.1, 0.15) is 17.5 Å². The minimum absolute atomic E-state index is 0.0382. The van der Waals surface area contributed by atoms with Crippen LogP contribution < -0.4 is 9.86 Å². The maximum absolute atomic E-state index is 12.8. The van der Waals surface area contributed by atoms with Crippen molar-refractivity contribution in [2.75, 3.05) is 6.54 Å². The first-order valence-electron chi connectivity index (χ1n) is 7.49. The van der Waals surface area contributed by atoms with Gasteiger partial charge in [0.05, 0.1) is 10.6 Å². The molecule has 2 aromatic rings. The Bertz CT molecular complexity index is 910. The van der Waals surface area contributed by atoms with Gasteiger partial charge in [-0.1, -0.05) is 24.3 Å². The van der Waals surface area contributed by atoms with Crippen molar-refractivity contribution in [2.24, 2.45) is 5.14 Å². The highest BCUT2D eigenvalue weighted by molar-refractivity contribution is 7.89. The zero-order valence-corrected chi connectivity index (χ0v) is 15.0. The number of aryl methyl sites for hydroxylation is 1. The number of halogens is 1. The van der Waals surface area contributed by atoms with Gasteiger partial charge in [-0.2, -0.15) is 0 Å². The summed E-state index contributed by atoms with van der Waals surface area (Å²) in [5, 5.41) is 5.02.